The minimum atomic E-state index is -1.27. The van der Waals surface area contributed by atoms with E-state index in [0.717, 1.165) is 17.3 Å². The van der Waals surface area contributed by atoms with Crippen LogP contribution in [0.3, 0.4) is 0 Å². The van der Waals surface area contributed by atoms with E-state index >= 15 is 0 Å². The number of rotatable bonds is 7. The summed E-state index contributed by atoms with van der Waals surface area (Å²) in [6.45, 7) is 4.24. The van der Waals surface area contributed by atoms with Crippen molar-refractivity contribution in [1.29, 1.82) is 0 Å². The standard InChI is InChI=1S/C18H21NO3S3/c1-11(2)13-6-4-12(5-7-13)10-15-16(20)19(18(23)25-15)14(17(21)22)8-9-24-3/h4-7,10-11,14H,8-9H2,1-3H3,(H,21,22)/p-1/b15-10+/t14-/m0/s1. The van der Waals surface area contributed by atoms with E-state index in [4.69, 9.17) is 12.2 Å². The second-order valence-electron chi connectivity index (χ2n) is 5.99. The fourth-order valence-electron chi connectivity index (χ4n) is 2.46. The van der Waals surface area contributed by atoms with Crippen LogP contribution in [0.25, 0.3) is 6.08 Å². The maximum absolute atomic E-state index is 12.7. The summed E-state index contributed by atoms with van der Waals surface area (Å²) in [5.41, 5.74) is 2.11. The van der Waals surface area contributed by atoms with E-state index in [2.05, 4.69) is 13.8 Å². The Balaban J connectivity index is 2.23. The van der Waals surface area contributed by atoms with Crippen LogP contribution in [-0.4, -0.2) is 39.1 Å². The first kappa shape index (κ1) is 20.0. The van der Waals surface area contributed by atoms with E-state index in [1.54, 1.807) is 6.08 Å². The Morgan fingerprint density at radius 1 is 1.36 bits per heavy atom. The van der Waals surface area contributed by atoms with Crippen molar-refractivity contribution in [3.8, 4) is 0 Å². The summed E-state index contributed by atoms with van der Waals surface area (Å²) in [6.07, 6.45) is 3.95. The summed E-state index contributed by atoms with van der Waals surface area (Å²) in [5, 5.41) is 11.4. The van der Waals surface area contributed by atoms with Crippen LogP contribution in [0, 0.1) is 0 Å². The number of carboxylic acids is 1. The van der Waals surface area contributed by atoms with Crippen LogP contribution in [0.15, 0.2) is 29.2 Å². The average Bonchev–Trinajstić information content (AvgIpc) is 2.83. The van der Waals surface area contributed by atoms with Gasteiger partial charge in [0.2, 0.25) is 0 Å². The molecule has 7 heteroatoms. The molecule has 1 heterocycles. The number of carbonyl (C=O) groups is 2. The minimum absolute atomic E-state index is 0.269. The van der Waals surface area contributed by atoms with E-state index in [0.29, 0.717) is 23.0 Å². The third kappa shape index (κ3) is 4.86. The van der Waals surface area contributed by atoms with Crippen LogP contribution < -0.4 is 5.11 Å². The van der Waals surface area contributed by atoms with Gasteiger partial charge in [0.15, 0.2) is 0 Å². The molecule has 0 radical (unpaired) electrons. The van der Waals surface area contributed by atoms with Crippen molar-refractivity contribution in [2.75, 3.05) is 12.0 Å². The topological polar surface area (TPSA) is 60.4 Å². The quantitative estimate of drug-likeness (QED) is 0.523. The highest BCUT2D eigenvalue weighted by Crippen LogP contribution is 2.34. The lowest BCUT2D eigenvalue weighted by Gasteiger charge is -2.27. The Morgan fingerprint density at radius 2 is 2.00 bits per heavy atom. The second-order valence-corrected chi connectivity index (χ2v) is 8.65. The van der Waals surface area contributed by atoms with Crippen molar-refractivity contribution in [1.82, 2.24) is 4.90 Å². The fourth-order valence-corrected chi connectivity index (χ4v) is 4.27. The normalized spacial score (nSPS) is 17.6. The zero-order valence-corrected chi connectivity index (χ0v) is 16.8. The summed E-state index contributed by atoms with van der Waals surface area (Å²) in [6, 6.07) is 6.94. The molecule has 2 rings (SSSR count). The molecule has 0 bridgehead atoms. The first-order valence-corrected chi connectivity index (χ1v) is 10.5. The van der Waals surface area contributed by atoms with Crippen molar-refractivity contribution >= 4 is 58.0 Å². The molecule has 0 N–H and O–H groups in total. The monoisotopic (exact) mass is 394 g/mol. The second kappa shape index (κ2) is 8.87. The number of carbonyl (C=O) groups excluding carboxylic acids is 2. The van der Waals surface area contributed by atoms with Gasteiger partial charge in [0.1, 0.15) is 4.32 Å². The average molecular weight is 395 g/mol. The number of amides is 1. The largest absolute Gasteiger partial charge is 0.548 e. The van der Waals surface area contributed by atoms with Gasteiger partial charge >= 0.3 is 0 Å². The molecule has 1 aliphatic heterocycles. The molecule has 1 aromatic carbocycles. The number of carboxylic acid groups (broad SMARTS) is 1. The Hall–Kier alpha value is -1.31. The zero-order valence-electron chi connectivity index (χ0n) is 14.4. The minimum Gasteiger partial charge on any atom is -0.548 e. The molecule has 1 fully saturated rings. The van der Waals surface area contributed by atoms with Crippen LogP contribution in [0.5, 0.6) is 0 Å². The molecular weight excluding hydrogens is 374 g/mol. The highest BCUT2D eigenvalue weighted by molar-refractivity contribution is 8.26. The third-order valence-electron chi connectivity index (χ3n) is 3.90. The van der Waals surface area contributed by atoms with Crippen molar-refractivity contribution in [2.45, 2.75) is 32.2 Å². The summed E-state index contributed by atoms with van der Waals surface area (Å²) >= 11 is 7.90. The molecule has 4 nitrogen and oxygen atoms in total. The van der Waals surface area contributed by atoms with Crippen molar-refractivity contribution in [2.24, 2.45) is 0 Å². The van der Waals surface area contributed by atoms with Gasteiger partial charge in [-0.05, 0) is 41.6 Å². The van der Waals surface area contributed by atoms with E-state index < -0.39 is 12.0 Å². The fraction of sp³-hybridized carbons (Fsp3) is 0.389. The highest BCUT2D eigenvalue weighted by Gasteiger charge is 2.37. The third-order valence-corrected chi connectivity index (χ3v) is 5.88. The summed E-state index contributed by atoms with van der Waals surface area (Å²) in [7, 11) is 0. The maximum Gasteiger partial charge on any atom is 0.266 e. The molecule has 1 amide bonds. The van der Waals surface area contributed by atoms with Crippen LogP contribution in [-0.2, 0) is 9.59 Å². The lowest BCUT2D eigenvalue weighted by atomic mass is 10.0. The summed E-state index contributed by atoms with van der Waals surface area (Å²) < 4.78 is 0.269. The maximum atomic E-state index is 12.7. The summed E-state index contributed by atoms with van der Waals surface area (Å²) in [5.74, 6) is -0.579. The van der Waals surface area contributed by atoms with Crippen LogP contribution in [0.2, 0.25) is 0 Å². The van der Waals surface area contributed by atoms with Gasteiger partial charge < -0.3 is 9.90 Å². The van der Waals surface area contributed by atoms with Gasteiger partial charge in [-0.2, -0.15) is 11.8 Å². The number of hydrogen-bond donors (Lipinski definition) is 0. The molecule has 0 unspecified atom stereocenters. The molecule has 134 valence electrons. The molecule has 0 aliphatic carbocycles. The van der Waals surface area contributed by atoms with Crippen LogP contribution >= 0.6 is 35.7 Å². The van der Waals surface area contributed by atoms with Crippen molar-refractivity contribution in [3.05, 3.63) is 40.3 Å². The molecule has 1 aromatic rings. The number of hydrogen-bond acceptors (Lipinski definition) is 6. The van der Waals surface area contributed by atoms with E-state index in [9.17, 15) is 14.7 Å². The van der Waals surface area contributed by atoms with Crippen LogP contribution in [0.1, 0.15) is 37.3 Å². The number of thiocarbonyl (C=S) groups is 1. The van der Waals surface area contributed by atoms with Gasteiger partial charge in [0.25, 0.3) is 5.91 Å². The molecule has 0 aromatic heterocycles. The molecule has 1 aliphatic rings. The Kier molecular flexibility index (Phi) is 7.10. The van der Waals surface area contributed by atoms with Crippen LogP contribution in [0.4, 0.5) is 0 Å². The van der Waals surface area contributed by atoms with Gasteiger partial charge in [0, 0.05) is 0 Å². The zero-order chi connectivity index (χ0) is 18.6. The molecular formula is C18H20NO3S3-. The molecule has 0 saturated carbocycles. The molecule has 0 spiro atoms. The first-order chi connectivity index (χ1) is 11.8. The van der Waals surface area contributed by atoms with E-state index in [-0.39, 0.29) is 10.2 Å². The Bertz CT molecular complexity index is 698. The lowest BCUT2D eigenvalue weighted by molar-refractivity contribution is -0.310. The van der Waals surface area contributed by atoms with Gasteiger partial charge in [-0.1, -0.05) is 62.1 Å². The van der Waals surface area contributed by atoms with Gasteiger partial charge in [-0.15, -0.1) is 0 Å². The molecule has 1 atom stereocenters. The summed E-state index contributed by atoms with van der Waals surface area (Å²) in [4.78, 5) is 25.7. The van der Waals surface area contributed by atoms with Crippen molar-refractivity contribution < 1.29 is 14.7 Å². The predicted molar refractivity (Wildman–Crippen MR) is 107 cm³/mol. The number of thioether (sulfide) groups is 2. The molecule has 25 heavy (non-hydrogen) atoms. The predicted octanol–water partition coefficient (Wildman–Crippen LogP) is 2.88. The van der Waals surface area contributed by atoms with Gasteiger partial charge in [-0.3, -0.25) is 9.69 Å². The van der Waals surface area contributed by atoms with Gasteiger partial charge in [-0.25, -0.2) is 0 Å². The number of benzene rings is 1. The van der Waals surface area contributed by atoms with Crippen molar-refractivity contribution in [3.63, 3.8) is 0 Å². The number of aliphatic carboxylic acids is 1. The lowest BCUT2D eigenvalue weighted by Crippen LogP contribution is -2.50. The van der Waals surface area contributed by atoms with Gasteiger partial charge in [0.05, 0.1) is 16.9 Å². The van der Waals surface area contributed by atoms with E-state index in [1.165, 1.54) is 22.2 Å². The number of nitrogens with zero attached hydrogens (tertiary/aromatic N) is 1. The SMILES string of the molecule is CSCC[C@@H](C(=O)[O-])N1C(=O)/C(=C\c2ccc(C(C)C)cc2)SC1=S. The Labute approximate surface area is 162 Å². The first-order valence-electron chi connectivity index (χ1n) is 7.92. The Morgan fingerprint density at radius 3 is 2.52 bits per heavy atom. The molecule has 1 saturated heterocycles. The van der Waals surface area contributed by atoms with E-state index in [1.807, 2.05) is 30.5 Å². The smallest absolute Gasteiger partial charge is 0.266 e. The highest BCUT2D eigenvalue weighted by atomic mass is 32.2.